The monoisotopic (exact) mass is 148 g/mol. The molecule has 4 nitrogen and oxygen atoms in total. The minimum absolute atomic E-state index is 0.0208. The Hall–Kier alpha value is -0.160. The van der Waals surface area contributed by atoms with E-state index < -0.39 is 0 Å². The predicted molar refractivity (Wildman–Crippen MR) is 39.7 cm³/mol. The first-order valence-corrected chi connectivity index (χ1v) is 3.42. The van der Waals surface area contributed by atoms with Crippen LogP contribution in [0.15, 0.2) is 0 Å². The maximum atomic E-state index is 8.48. The molecule has 0 amide bonds. The predicted octanol–water partition coefficient (Wildman–Crippen LogP) is -1.55. The summed E-state index contributed by atoms with van der Waals surface area (Å²) in [7, 11) is 1.93. The normalized spacial score (nSPS) is 10.8. The molecule has 0 atom stereocenters. The zero-order valence-corrected chi connectivity index (χ0v) is 6.38. The van der Waals surface area contributed by atoms with Gasteiger partial charge >= 0.3 is 0 Å². The van der Waals surface area contributed by atoms with E-state index in [0.29, 0.717) is 6.54 Å². The van der Waals surface area contributed by atoms with E-state index in [4.69, 9.17) is 10.2 Å². The van der Waals surface area contributed by atoms with Crippen LogP contribution in [0.4, 0.5) is 0 Å². The second kappa shape index (κ2) is 6.95. The smallest absolute Gasteiger partial charge is 0.0931 e. The van der Waals surface area contributed by atoms with Gasteiger partial charge in [-0.3, -0.25) is 5.32 Å². The third-order valence-corrected chi connectivity index (χ3v) is 1.26. The Bertz CT molecular complexity index is 70.8. The molecule has 0 bridgehead atoms. The molecule has 0 saturated heterocycles. The van der Waals surface area contributed by atoms with Crippen LogP contribution in [0.5, 0.6) is 0 Å². The van der Waals surface area contributed by atoms with Gasteiger partial charge in [-0.25, -0.2) is 0 Å². The number of nitrogens with zero attached hydrogens (tertiary/aromatic N) is 1. The maximum absolute atomic E-state index is 8.48. The van der Waals surface area contributed by atoms with Gasteiger partial charge in [0.15, 0.2) is 0 Å². The number of hydrogen-bond donors (Lipinski definition) is 3. The zero-order chi connectivity index (χ0) is 7.82. The fourth-order valence-corrected chi connectivity index (χ4v) is 0.631. The van der Waals surface area contributed by atoms with Crippen molar-refractivity contribution in [2.24, 2.45) is 0 Å². The summed E-state index contributed by atoms with van der Waals surface area (Å²) in [4.78, 5) is 1.99. The van der Waals surface area contributed by atoms with Gasteiger partial charge in [0.1, 0.15) is 0 Å². The van der Waals surface area contributed by atoms with E-state index in [2.05, 4.69) is 5.32 Å². The Labute approximate surface area is 61.5 Å². The minimum atomic E-state index is 0.0208. The van der Waals surface area contributed by atoms with Gasteiger partial charge in [-0.15, -0.1) is 0 Å². The number of aliphatic hydroxyl groups is 2. The molecular formula is C6H16N2O2. The molecule has 0 aromatic rings. The topological polar surface area (TPSA) is 55.7 Å². The van der Waals surface area contributed by atoms with Crippen molar-refractivity contribution in [3.8, 4) is 0 Å². The lowest BCUT2D eigenvalue weighted by Crippen LogP contribution is -2.31. The molecule has 0 radical (unpaired) electrons. The molecular weight excluding hydrogens is 132 g/mol. The minimum Gasteiger partial charge on any atom is -0.395 e. The molecule has 0 spiro atoms. The van der Waals surface area contributed by atoms with Crippen molar-refractivity contribution in [2.75, 3.05) is 40.0 Å². The maximum Gasteiger partial charge on any atom is 0.0931 e. The highest BCUT2D eigenvalue weighted by Gasteiger charge is 1.93. The molecule has 3 N–H and O–H groups in total. The molecule has 0 saturated carbocycles. The van der Waals surface area contributed by atoms with Crippen LogP contribution in [0.2, 0.25) is 0 Å². The van der Waals surface area contributed by atoms with E-state index in [1.54, 1.807) is 0 Å². The van der Waals surface area contributed by atoms with Gasteiger partial charge in [-0.05, 0) is 7.05 Å². The summed E-state index contributed by atoms with van der Waals surface area (Å²) < 4.78 is 0. The first kappa shape index (κ1) is 9.84. The molecule has 0 aliphatic rings. The van der Waals surface area contributed by atoms with Crippen molar-refractivity contribution in [3.63, 3.8) is 0 Å². The molecule has 62 valence electrons. The Morgan fingerprint density at radius 1 is 1.30 bits per heavy atom. The van der Waals surface area contributed by atoms with Crippen LogP contribution in [0.1, 0.15) is 0 Å². The highest BCUT2D eigenvalue weighted by atomic mass is 16.3. The largest absolute Gasteiger partial charge is 0.395 e. The Kier molecular flexibility index (Phi) is 6.84. The molecule has 4 heteroatoms. The summed E-state index contributed by atoms with van der Waals surface area (Å²) in [6.45, 7) is 2.50. The van der Waals surface area contributed by atoms with Gasteiger partial charge in [0.2, 0.25) is 0 Å². The number of aliphatic hydroxyl groups excluding tert-OH is 2. The first-order chi connectivity index (χ1) is 4.81. The van der Waals surface area contributed by atoms with Crippen LogP contribution in [-0.4, -0.2) is 55.1 Å². The highest BCUT2D eigenvalue weighted by Crippen LogP contribution is 1.77. The van der Waals surface area contributed by atoms with Crippen LogP contribution < -0.4 is 5.32 Å². The summed E-state index contributed by atoms with van der Waals surface area (Å²) in [5.41, 5.74) is 0. The van der Waals surface area contributed by atoms with Crippen LogP contribution in [0.25, 0.3) is 0 Å². The van der Waals surface area contributed by atoms with Gasteiger partial charge in [0.05, 0.1) is 13.3 Å². The lowest BCUT2D eigenvalue weighted by Gasteiger charge is -2.14. The third kappa shape index (κ3) is 5.97. The van der Waals surface area contributed by atoms with Gasteiger partial charge in [-0.2, -0.15) is 0 Å². The molecule has 0 unspecified atom stereocenters. The standard InChI is InChI=1S/C6H16N2O2/c1-8(4-5-9)3-2-7-6-10/h7,9-10H,2-6H2,1H3. The van der Waals surface area contributed by atoms with E-state index in [1.165, 1.54) is 0 Å². The average molecular weight is 148 g/mol. The van der Waals surface area contributed by atoms with E-state index in [-0.39, 0.29) is 13.3 Å². The van der Waals surface area contributed by atoms with E-state index in [1.807, 2.05) is 11.9 Å². The van der Waals surface area contributed by atoms with Crippen molar-refractivity contribution in [3.05, 3.63) is 0 Å². The van der Waals surface area contributed by atoms with Crippen LogP contribution >= 0.6 is 0 Å². The van der Waals surface area contributed by atoms with Crippen LogP contribution in [0, 0.1) is 0 Å². The van der Waals surface area contributed by atoms with Crippen molar-refractivity contribution in [2.45, 2.75) is 0 Å². The van der Waals surface area contributed by atoms with Gasteiger partial charge in [0.25, 0.3) is 0 Å². The van der Waals surface area contributed by atoms with Crippen molar-refractivity contribution < 1.29 is 10.2 Å². The van der Waals surface area contributed by atoms with Crippen molar-refractivity contribution in [1.82, 2.24) is 10.2 Å². The fraction of sp³-hybridized carbons (Fsp3) is 1.00. The molecule has 0 rings (SSSR count). The second-order valence-electron chi connectivity index (χ2n) is 2.18. The summed E-state index contributed by atoms with van der Waals surface area (Å²) in [6.07, 6.45) is 0. The van der Waals surface area contributed by atoms with Gasteiger partial charge in [-0.1, -0.05) is 0 Å². The number of rotatable bonds is 6. The summed E-state index contributed by atoms with van der Waals surface area (Å²) in [5.74, 6) is 0. The van der Waals surface area contributed by atoms with Crippen LogP contribution in [0.3, 0.4) is 0 Å². The fourth-order valence-electron chi connectivity index (χ4n) is 0.631. The Morgan fingerprint density at radius 3 is 2.50 bits per heavy atom. The Morgan fingerprint density at radius 2 is 2.00 bits per heavy atom. The second-order valence-corrected chi connectivity index (χ2v) is 2.18. The Balaban J connectivity index is 2.97. The van der Waals surface area contributed by atoms with E-state index in [0.717, 1.165) is 13.1 Å². The zero-order valence-electron chi connectivity index (χ0n) is 6.38. The highest BCUT2D eigenvalue weighted by molar-refractivity contribution is 4.50. The quantitative estimate of drug-likeness (QED) is 0.315. The summed E-state index contributed by atoms with van der Waals surface area (Å²) >= 11 is 0. The molecule has 0 fully saturated rings. The SMILES string of the molecule is CN(CCO)CCNCO. The van der Waals surface area contributed by atoms with Gasteiger partial charge in [0, 0.05) is 19.6 Å². The molecule has 0 heterocycles. The van der Waals surface area contributed by atoms with Gasteiger partial charge < -0.3 is 15.1 Å². The lowest BCUT2D eigenvalue weighted by molar-refractivity contribution is 0.210. The molecule has 0 aliphatic carbocycles. The molecule has 0 aromatic carbocycles. The van der Waals surface area contributed by atoms with Crippen molar-refractivity contribution >= 4 is 0 Å². The summed E-state index contributed by atoms with van der Waals surface area (Å²) in [6, 6.07) is 0. The van der Waals surface area contributed by atoms with Crippen molar-refractivity contribution in [1.29, 1.82) is 0 Å². The lowest BCUT2D eigenvalue weighted by atomic mass is 10.5. The number of nitrogens with one attached hydrogen (secondary N) is 1. The van der Waals surface area contributed by atoms with E-state index in [9.17, 15) is 0 Å². The molecule has 0 aliphatic heterocycles. The summed E-state index contributed by atoms with van der Waals surface area (Å²) in [5, 5.41) is 19.6. The number of likely N-dealkylation sites (N-methyl/N-ethyl adjacent to an activating group) is 1. The first-order valence-electron chi connectivity index (χ1n) is 3.42. The third-order valence-electron chi connectivity index (χ3n) is 1.26. The van der Waals surface area contributed by atoms with Crippen LogP contribution in [-0.2, 0) is 0 Å². The number of hydrogen-bond acceptors (Lipinski definition) is 4. The average Bonchev–Trinajstić information content (AvgIpc) is 1.89. The van der Waals surface area contributed by atoms with E-state index >= 15 is 0 Å². The molecule has 0 aromatic heterocycles. The molecule has 10 heavy (non-hydrogen) atoms.